The van der Waals surface area contributed by atoms with Gasteiger partial charge in [-0.15, -0.1) is 5.10 Å². The summed E-state index contributed by atoms with van der Waals surface area (Å²) in [5.74, 6) is 0.958. The fourth-order valence-corrected chi connectivity index (χ4v) is 3.52. The Hall–Kier alpha value is -3.37. The second kappa shape index (κ2) is 9.19. The summed E-state index contributed by atoms with van der Waals surface area (Å²) in [5, 5.41) is 14.2. The first-order valence-electron chi connectivity index (χ1n) is 10.3. The number of nitrogens with two attached hydrogens (primary N) is 1. The minimum absolute atomic E-state index is 0.113. The smallest absolute Gasteiger partial charge is 0.221 e. The summed E-state index contributed by atoms with van der Waals surface area (Å²) in [6.07, 6.45) is 1.60. The Bertz CT molecular complexity index is 1070. The number of nitrogens with zero attached hydrogens (tertiary/aromatic N) is 4. The first-order chi connectivity index (χ1) is 15.0. The lowest BCUT2D eigenvalue weighted by Crippen LogP contribution is -2.39. The molecule has 164 valence electrons. The molecule has 1 aliphatic rings. The van der Waals surface area contributed by atoms with Crippen LogP contribution in [0, 0.1) is 6.92 Å². The van der Waals surface area contributed by atoms with Gasteiger partial charge in [-0.2, -0.15) is 4.52 Å². The number of carbonyl (C=O) groups excluding carboxylic acids is 1. The van der Waals surface area contributed by atoms with Crippen molar-refractivity contribution < 1.29 is 9.53 Å². The van der Waals surface area contributed by atoms with Crippen LogP contribution in [0.25, 0.3) is 5.65 Å². The summed E-state index contributed by atoms with van der Waals surface area (Å²) >= 11 is 0. The number of rotatable bonds is 7. The monoisotopic (exact) mass is 424 g/mol. The number of carbonyl (C=O) groups is 1. The number of ether oxygens (including phenoxy) is 1. The van der Waals surface area contributed by atoms with Crippen LogP contribution in [0.2, 0.25) is 0 Å². The highest BCUT2D eigenvalue weighted by Gasteiger charge is 2.13. The second-order valence-corrected chi connectivity index (χ2v) is 7.58. The van der Waals surface area contributed by atoms with Gasteiger partial charge < -0.3 is 26.4 Å². The van der Waals surface area contributed by atoms with Crippen molar-refractivity contribution in [3.05, 3.63) is 36.0 Å². The van der Waals surface area contributed by atoms with Gasteiger partial charge in [0.05, 0.1) is 25.1 Å². The van der Waals surface area contributed by atoms with Crippen molar-refractivity contribution in [1.82, 2.24) is 19.5 Å². The van der Waals surface area contributed by atoms with Gasteiger partial charge in [0.15, 0.2) is 11.5 Å². The third-order valence-electron chi connectivity index (χ3n) is 5.16. The Labute approximate surface area is 180 Å². The largest absolute Gasteiger partial charge is 0.382 e. The van der Waals surface area contributed by atoms with E-state index in [1.165, 1.54) is 6.92 Å². The molecular formula is C21H28N8O2. The normalized spacial score (nSPS) is 14.5. The van der Waals surface area contributed by atoms with Crippen molar-refractivity contribution in [2.45, 2.75) is 13.8 Å². The van der Waals surface area contributed by atoms with Gasteiger partial charge in [-0.1, -0.05) is 6.07 Å². The third-order valence-corrected chi connectivity index (χ3v) is 5.16. The van der Waals surface area contributed by atoms with Gasteiger partial charge >= 0.3 is 0 Å². The van der Waals surface area contributed by atoms with Crippen molar-refractivity contribution in [2.24, 2.45) is 0 Å². The average molecular weight is 425 g/mol. The lowest BCUT2D eigenvalue weighted by atomic mass is 10.1. The summed E-state index contributed by atoms with van der Waals surface area (Å²) < 4.78 is 7.02. The predicted octanol–water partition coefficient (Wildman–Crippen LogP) is 2.07. The van der Waals surface area contributed by atoms with Crippen LogP contribution in [-0.4, -0.2) is 64.8 Å². The van der Waals surface area contributed by atoms with Crippen molar-refractivity contribution >= 4 is 40.3 Å². The molecular weight excluding hydrogens is 396 g/mol. The van der Waals surface area contributed by atoms with Gasteiger partial charge in [-0.25, -0.2) is 4.98 Å². The van der Waals surface area contributed by atoms with Crippen LogP contribution < -0.4 is 21.7 Å². The molecule has 2 aromatic heterocycles. The topological polar surface area (TPSA) is 122 Å². The minimum Gasteiger partial charge on any atom is -0.382 e. The first-order valence-corrected chi connectivity index (χ1v) is 10.3. The Balaban J connectivity index is 1.54. The zero-order chi connectivity index (χ0) is 21.8. The van der Waals surface area contributed by atoms with E-state index in [1.807, 2.05) is 31.2 Å². The van der Waals surface area contributed by atoms with Gasteiger partial charge in [0.1, 0.15) is 5.82 Å². The number of hydrogen-bond acceptors (Lipinski definition) is 8. The number of anilines is 5. The van der Waals surface area contributed by atoms with E-state index in [9.17, 15) is 4.79 Å². The molecule has 3 heterocycles. The molecule has 0 spiro atoms. The van der Waals surface area contributed by atoms with Gasteiger partial charge in [0.2, 0.25) is 5.91 Å². The molecule has 0 saturated carbocycles. The first kappa shape index (κ1) is 20.9. The van der Waals surface area contributed by atoms with E-state index in [-0.39, 0.29) is 5.91 Å². The lowest BCUT2D eigenvalue weighted by Gasteiger charge is -2.26. The maximum atomic E-state index is 11.5. The molecule has 0 aliphatic carbocycles. The van der Waals surface area contributed by atoms with Crippen LogP contribution in [0.15, 0.2) is 30.5 Å². The van der Waals surface area contributed by atoms with Crippen LogP contribution in [0.3, 0.4) is 0 Å². The van der Waals surface area contributed by atoms with E-state index in [0.29, 0.717) is 17.3 Å². The Morgan fingerprint density at radius 2 is 2.03 bits per heavy atom. The number of nitrogens with one attached hydrogen (secondary N) is 3. The lowest BCUT2D eigenvalue weighted by molar-refractivity contribution is -0.114. The van der Waals surface area contributed by atoms with E-state index in [0.717, 1.165) is 62.0 Å². The maximum absolute atomic E-state index is 11.5. The number of aromatic nitrogens is 3. The second-order valence-electron chi connectivity index (χ2n) is 7.58. The molecule has 3 aromatic rings. The highest BCUT2D eigenvalue weighted by molar-refractivity contribution is 5.90. The van der Waals surface area contributed by atoms with Gasteiger partial charge in [-0.05, 0) is 24.6 Å². The van der Waals surface area contributed by atoms with Crippen molar-refractivity contribution in [1.29, 1.82) is 0 Å². The van der Waals surface area contributed by atoms with Gasteiger partial charge in [0, 0.05) is 50.5 Å². The summed E-state index contributed by atoms with van der Waals surface area (Å²) in [5.41, 5.74) is 10.1. The molecule has 0 bridgehead atoms. The molecule has 1 aromatic carbocycles. The van der Waals surface area contributed by atoms with Crippen molar-refractivity contribution in [2.75, 3.05) is 61.1 Å². The van der Waals surface area contributed by atoms with E-state index < -0.39 is 0 Å². The van der Waals surface area contributed by atoms with Gasteiger partial charge in [0.25, 0.3) is 0 Å². The zero-order valence-corrected chi connectivity index (χ0v) is 17.8. The van der Waals surface area contributed by atoms with Crippen molar-refractivity contribution in [3.8, 4) is 0 Å². The summed E-state index contributed by atoms with van der Waals surface area (Å²) in [4.78, 5) is 18.2. The molecule has 1 amide bonds. The molecule has 5 N–H and O–H groups in total. The fraction of sp³-hybridized carbons (Fsp3) is 0.381. The zero-order valence-electron chi connectivity index (χ0n) is 17.8. The van der Waals surface area contributed by atoms with Crippen LogP contribution >= 0.6 is 0 Å². The number of nitrogen functional groups attached to an aromatic ring is 1. The SMILES string of the molecule is CC(=O)Nc1cc(Nc2cc(NCCN3CCOCC3)c3ncc(N)n3n2)ccc1C. The molecule has 1 fully saturated rings. The molecule has 1 aliphatic heterocycles. The number of imidazole rings is 1. The summed E-state index contributed by atoms with van der Waals surface area (Å²) in [7, 11) is 0. The van der Waals surface area contributed by atoms with E-state index in [4.69, 9.17) is 10.5 Å². The number of hydrogen-bond donors (Lipinski definition) is 4. The molecule has 0 radical (unpaired) electrons. The highest BCUT2D eigenvalue weighted by atomic mass is 16.5. The van der Waals surface area contributed by atoms with Gasteiger partial charge in [-0.3, -0.25) is 9.69 Å². The molecule has 0 unspecified atom stereocenters. The summed E-state index contributed by atoms with van der Waals surface area (Å²) in [6, 6.07) is 7.68. The Kier molecular flexibility index (Phi) is 6.19. The van der Waals surface area contributed by atoms with Crippen LogP contribution in [0.5, 0.6) is 0 Å². The highest BCUT2D eigenvalue weighted by Crippen LogP contribution is 2.26. The fourth-order valence-electron chi connectivity index (χ4n) is 3.52. The number of benzene rings is 1. The Morgan fingerprint density at radius 1 is 1.23 bits per heavy atom. The predicted molar refractivity (Wildman–Crippen MR) is 122 cm³/mol. The molecule has 10 heteroatoms. The van der Waals surface area contributed by atoms with Crippen molar-refractivity contribution in [3.63, 3.8) is 0 Å². The maximum Gasteiger partial charge on any atom is 0.221 e. The Morgan fingerprint density at radius 3 is 2.81 bits per heavy atom. The van der Waals surface area contributed by atoms with E-state index >= 15 is 0 Å². The van der Waals surface area contributed by atoms with Crippen LogP contribution in [0.1, 0.15) is 12.5 Å². The summed E-state index contributed by atoms with van der Waals surface area (Å²) in [6.45, 7) is 8.57. The number of aryl methyl sites for hydroxylation is 1. The minimum atomic E-state index is -0.113. The quantitative estimate of drug-likeness (QED) is 0.455. The molecule has 4 rings (SSSR count). The molecule has 31 heavy (non-hydrogen) atoms. The number of morpholine rings is 1. The molecule has 1 saturated heterocycles. The number of amides is 1. The van der Waals surface area contributed by atoms with E-state index in [1.54, 1.807) is 10.7 Å². The third kappa shape index (κ3) is 5.04. The molecule has 10 nitrogen and oxygen atoms in total. The standard InChI is InChI=1S/C21H28N8O2/c1-14-3-4-16(11-17(14)25-15(2)30)26-20-12-18(21-24-13-19(22)29(21)27-20)23-5-6-28-7-9-31-10-8-28/h3-4,11-13,23H,5-10,22H2,1-2H3,(H,25,30)(H,26,27). The van der Waals surface area contributed by atoms with Crippen LogP contribution in [-0.2, 0) is 9.53 Å². The molecule has 0 atom stereocenters. The van der Waals surface area contributed by atoms with E-state index in [2.05, 4.69) is 30.9 Å². The number of fused-ring (bicyclic) bond motifs is 1. The average Bonchev–Trinajstić information content (AvgIpc) is 3.12. The van der Waals surface area contributed by atoms with Crippen LogP contribution in [0.4, 0.5) is 28.7 Å².